The van der Waals surface area contributed by atoms with E-state index in [9.17, 15) is 0 Å². The molecule has 0 bridgehead atoms. The lowest BCUT2D eigenvalue weighted by atomic mass is 9.86. The molecule has 0 unspecified atom stereocenters. The molecule has 3 nitrogen and oxygen atoms in total. The summed E-state index contributed by atoms with van der Waals surface area (Å²) in [5.74, 6) is 0.949. The number of nitrogens with one attached hydrogen (secondary N) is 1. The van der Waals surface area contributed by atoms with Crippen molar-refractivity contribution in [3.05, 3.63) is 11.9 Å². The number of aromatic amines is 1. The summed E-state index contributed by atoms with van der Waals surface area (Å²) < 4.78 is 0. The van der Waals surface area contributed by atoms with Crippen LogP contribution in [0.1, 0.15) is 64.5 Å². The van der Waals surface area contributed by atoms with Crippen LogP contribution in [-0.4, -0.2) is 15.4 Å². The average molecular weight is 223 g/mol. The largest absolute Gasteiger partial charge is 0.198 e. The molecule has 1 aliphatic carbocycles. The van der Waals surface area contributed by atoms with Gasteiger partial charge in [0.05, 0.1) is 11.9 Å². The zero-order valence-corrected chi connectivity index (χ0v) is 10.7. The predicted molar refractivity (Wildman–Crippen MR) is 67.2 cm³/mol. The molecule has 0 amide bonds. The molecule has 0 saturated heterocycles. The third-order valence-electron chi connectivity index (χ3n) is 3.00. The van der Waals surface area contributed by atoms with Crippen molar-refractivity contribution in [3.8, 4) is 0 Å². The molecule has 1 fully saturated rings. The molecule has 0 atom stereocenters. The number of H-pyrrole nitrogens is 1. The first-order chi connectivity index (χ1) is 7.86. The second-order valence-electron chi connectivity index (χ2n) is 4.71. The van der Waals surface area contributed by atoms with E-state index in [0.29, 0.717) is 0 Å². The van der Waals surface area contributed by atoms with Gasteiger partial charge >= 0.3 is 0 Å². The van der Waals surface area contributed by atoms with Gasteiger partial charge in [-0.15, -0.1) is 0 Å². The minimum Gasteiger partial charge on any atom is -0.198 e. The molecule has 3 heteroatoms. The Morgan fingerprint density at radius 1 is 1.25 bits per heavy atom. The highest BCUT2D eigenvalue weighted by atomic mass is 15.3. The summed E-state index contributed by atoms with van der Waals surface area (Å²) in [4.78, 5) is 0. The molecule has 1 aliphatic rings. The molecule has 1 saturated carbocycles. The van der Waals surface area contributed by atoms with Crippen molar-refractivity contribution < 1.29 is 0 Å². The van der Waals surface area contributed by atoms with Gasteiger partial charge in [0.25, 0.3) is 0 Å². The van der Waals surface area contributed by atoms with E-state index >= 15 is 0 Å². The monoisotopic (exact) mass is 223 g/mol. The quantitative estimate of drug-likeness (QED) is 0.848. The minimum absolute atomic E-state index is 0.949. The maximum atomic E-state index is 4.06. The maximum absolute atomic E-state index is 4.06. The van der Waals surface area contributed by atoms with Gasteiger partial charge in [0.1, 0.15) is 0 Å². The Balaban J connectivity index is 0.000000386. The van der Waals surface area contributed by atoms with Crippen LogP contribution in [-0.2, 0) is 6.42 Å². The second kappa shape index (κ2) is 8.31. The van der Waals surface area contributed by atoms with Crippen LogP contribution >= 0.6 is 0 Å². The van der Waals surface area contributed by atoms with Gasteiger partial charge in [-0.2, -0.15) is 15.4 Å². The van der Waals surface area contributed by atoms with Crippen LogP contribution in [0, 0.1) is 5.92 Å². The normalized spacial score (nSPS) is 16.6. The zero-order chi connectivity index (χ0) is 11.6. The van der Waals surface area contributed by atoms with E-state index in [0.717, 1.165) is 18.0 Å². The highest BCUT2D eigenvalue weighted by Crippen LogP contribution is 2.26. The lowest BCUT2D eigenvalue weighted by Crippen LogP contribution is -2.07. The van der Waals surface area contributed by atoms with E-state index in [1.807, 2.05) is 6.20 Å². The Bertz CT molecular complexity index is 238. The predicted octanol–water partition coefficient (Wildman–Crippen LogP) is 3.73. The fourth-order valence-corrected chi connectivity index (χ4v) is 2.17. The summed E-state index contributed by atoms with van der Waals surface area (Å²) in [6, 6.07) is 0. The van der Waals surface area contributed by atoms with Crippen LogP contribution in [0.3, 0.4) is 0 Å². The van der Waals surface area contributed by atoms with E-state index in [1.54, 1.807) is 0 Å². The molecule has 1 aromatic heterocycles. The highest BCUT2D eigenvalue weighted by molar-refractivity contribution is 4.90. The minimum atomic E-state index is 0.949. The molecule has 1 aromatic rings. The van der Waals surface area contributed by atoms with Crippen LogP contribution in [0.15, 0.2) is 6.20 Å². The maximum Gasteiger partial charge on any atom is 0.0824 e. The van der Waals surface area contributed by atoms with Gasteiger partial charge in [0.2, 0.25) is 0 Å². The molecule has 16 heavy (non-hydrogen) atoms. The molecule has 1 heterocycles. The van der Waals surface area contributed by atoms with Crippen molar-refractivity contribution in [2.75, 3.05) is 0 Å². The molecule has 1 N–H and O–H groups in total. The third-order valence-corrected chi connectivity index (χ3v) is 3.00. The topological polar surface area (TPSA) is 41.6 Å². The van der Waals surface area contributed by atoms with Crippen LogP contribution in [0.5, 0.6) is 0 Å². The summed E-state index contributed by atoms with van der Waals surface area (Å²) in [5.41, 5.74) is 1.12. The fourth-order valence-electron chi connectivity index (χ4n) is 2.17. The van der Waals surface area contributed by atoms with E-state index in [-0.39, 0.29) is 0 Å². The molecule has 0 spiro atoms. The van der Waals surface area contributed by atoms with Gasteiger partial charge in [0, 0.05) is 0 Å². The van der Waals surface area contributed by atoms with E-state index in [2.05, 4.69) is 29.3 Å². The lowest BCUT2D eigenvalue weighted by Gasteiger charge is -2.20. The standard InChI is InChI=1S/C10H17N3.C3H8/c1-2-4-9(5-3-1)6-7-10-8-11-13-12-10;1-3-2/h8-9H,1-7H2,(H,11,12,13);3H2,1-2H3. The first-order valence-corrected chi connectivity index (χ1v) is 6.71. The summed E-state index contributed by atoms with van der Waals surface area (Å²) >= 11 is 0. The molecule has 92 valence electrons. The number of nitrogens with zero attached hydrogens (tertiary/aromatic N) is 2. The van der Waals surface area contributed by atoms with Gasteiger partial charge in [-0.3, -0.25) is 0 Å². The summed E-state index contributed by atoms with van der Waals surface area (Å²) in [6.45, 7) is 4.25. The Morgan fingerprint density at radius 2 is 1.94 bits per heavy atom. The van der Waals surface area contributed by atoms with Gasteiger partial charge in [-0.25, -0.2) is 0 Å². The molecule has 0 radical (unpaired) electrons. The highest BCUT2D eigenvalue weighted by Gasteiger charge is 2.13. The van der Waals surface area contributed by atoms with Gasteiger partial charge in [-0.1, -0.05) is 52.4 Å². The Hall–Kier alpha value is -0.860. The van der Waals surface area contributed by atoms with Crippen LogP contribution in [0.2, 0.25) is 0 Å². The summed E-state index contributed by atoms with van der Waals surface area (Å²) in [5, 5.41) is 10.5. The number of rotatable bonds is 3. The molecular weight excluding hydrogens is 198 g/mol. The van der Waals surface area contributed by atoms with Crippen molar-refractivity contribution in [2.24, 2.45) is 5.92 Å². The Kier molecular flexibility index (Phi) is 6.86. The van der Waals surface area contributed by atoms with Crippen LogP contribution < -0.4 is 0 Å². The molecule has 2 rings (SSSR count). The fraction of sp³-hybridized carbons (Fsp3) is 0.846. The van der Waals surface area contributed by atoms with Crippen molar-refractivity contribution in [1.82, 2.24) is 15.4 Å². The van der Waals surface area contributed by atoms with Crippen molar-refractivity contribution in [1.29, 1.82) is 0 Å². The zero-order valence-electron chi connectivity index (χ0n) is 10.7. The number of hydrogen-bond donors (Lipinski definition) is 1. The van der Waals surface area contributed by atoms with Gasteiger partial charge in [-0.05, 0) is 18.8 Å². The Morgan fingerprint density at radius 3 is 2.50 bits per heavy atom. The van der Waals surface area contributed by atoms with E-state index in [1.165, 1.54) is 44.9 Å². The average Bonchev–Trinajstić information content (AvgIpc) is 2.82. The van der Waals surface area contributed by atoms with Crippen molar-refractivity contribution in [3.63, 3.8) is 0 Å². The van der Waals surface area contributed by atoms with E-state index in [4.69, 9.17) is 0 Å². The lowest BCUT2D eigenvalue weighted by molar-refractivity contribution is 0.338. The smallest absolute Gasteiger partial charge is 0.0824 e. The number of aryl methyl sites for hydroxylation is 1. The van der Waals surface area contributed by atoms with Crippen molar-refractivity contribution >= 4 is 0 Å². The second-order valence-corrected chi connectivity index (χ2v) is 4.71. The first-order valence-electron chi connectivity index (χ1n) is 6.71. The Labute approximate surface area is 99.0 Å². The molecule has 0 aromatic carbocycles. The molecule has 0 aliphatic heterocycles. The van der Waals surface area contributed by atoms with Crippen LogP contribution in [0.25, 0.3) is 0 Å². The van der Waals surface area contributed by atoms with Gasteiger partial charge in [0.15, 0.2) is 0 Å². The number of hydrogen-bond acceptors (Lipinski definition) is 2. The summed E-state index contributed by atoms with van der Waals surface area (Å²) in [7, 11) is 0. The first kappa shape index (κ1) is 13.2. The van der Waals surface area contributed by atoms with Crippen LogP contribution in [0.4, 0.5) is 0 Å². The SMILES string of the molecule is CCC.c1n[nH]nc1CCC1CCCCC1. The van der Waals surface area contributed by atoms with E-state index < -0.39 is 0 Å². The van der Waals surface area contributed by atoms with Gasteiger partial charge < -0.3 is 0 Å². The molecular formula is C13H25N3. The van der Waals surface area contributed by atoms with Crippen molar-refractivity contribution in [2.45, 2.75) is 65.2 Å². The number of aromatic nitrogens is 3. The third kappa shape index (κ3) is 5.29. The summed E-state index contributed by atoms with van der Waals surface area (Å²) in [6.07, 6.45) is 12.7.